The largest absolute Gasteiger partial charge is 0.329 e. The molecule has 0 radical (unpaired) electrons. The van der Waals surface area contributed by atoms with Gasteiger partial charge in [0.05, 0.1) is 5.25 Å². The molecule has 2 heterocycles. The van der Waals surface area contributed by atoms with Crippen molar-refractivity contribution >= 4 is 23.4 Å². The molecule has 6 heteroatoms. The Bertz CT molecular complexity index is 613. The lowest BCUT2D eigenvalue weighted by molar-refractivity contribution is 0.590. The van der Waals surface area contributed by atoms with Gasteiger partial charge in [0.25, 0.3) is 0 Å². The maximum absolute atomic E-state index is 6.30. The molecular weight excluding hydrogens is 304 g/mol. The maximum Gasteiger partial charge on any atom is 0.191 e. The molecule has 0 saturated carbocycles. The molecule has 1 aliphatic heterocycles. The van der Waals surface area contributed by atoms with E-state index in [-0.39, 0.29) is 5.25 Å². The molecule has 112 valence electrons. The molecule has 4 nitrogen and oxygen atoms in total. The van der Waals surface area contributed by atoms with E-state index >= 15 is 0 Å². The summed E-state index contributed by atoms with van der Waals surface area (Å²) in [5.74, 6) is 1.10. The average molecular weight is 323 g/mol. The first kappa shape index (κ1) is 14.9. The van der Waals surface area contributed by atoms with Crippen molar-refractivity contribution in [3.05, 3.63) is 40.7 Å². The van der Waals surface area contributed by atoms with Gasteiger partial charge in [0.1, 0.15) is 5.82 Å². The number of fused-ring (bicyclic) bond motifs is 1. The van der Waals surface area contributed by atoms with Crippen LogP contribution >= 0.6 is 23.4 Å². The Morgan fingerprint density at radius 2 is 2.10 bits per heavy atom. The zero-order valence-corrected chi connectivity index (χ0v) is 13.4. The SMILES string of the molecule is NCC(Sc1nnc2n1CCCCC2)c1ccccc1Cl. The summed E-state index contributed by atoms with van der Waals surface area (Å²) < 4.78 is 2.25. The molecule has 3 rings (SSSR count). The molecule has 0 amide bonds. The number of aromatic nitrogens is 3. The Hall–Kier alpha value is -1.04. The van der Waals surface area contributed by atoms with Crippen molar-refractivity contribution in [2.45, 2.75) is 42.6 Å². The molecule has 0 bridgehead atoms. The molecular formula is C15H19ClN4S. The molecule has 1 aliphatic rings. The second-order valence-corrected chi connectivity index (χ2v) is 6.80. The van der Waals surface area contributed by atoms with Crippen LogP contribution in [0.15, 0.2) is 29.4 Å². The van der Waals surface area contributed by atoms with Crippen molar-refractivity contribution in [1.82, 2.24) is 14.8 Å². The van der Waals surface area contributed by atoms with Gasteiger partial charge in [-0.3, -0.25) is 0 Å². The van der Waals surface area contributed by atoms with E-state index in [1.54, 1.807) is 11.8 Å². The molecule has 1 aromatic carbocycles. The molecule has 1 aromatic heterocycles. The van der Waals surface area contributed by atoms with Gasteiger partial charge in [-0.05, 0) is 24.5 Å². The molecule has 0 spiro atoms. The molecule has 0 aliphatic carbocycles. The number of hydrogen-bond acceptors (Lipinski definition) is 4. The van der Waals surface area contributed by atoms with E-state index in [0.717, 1.165) is 34.5 Å². The highest BCUT2D eigenvalue weighted by Gasteiger charge is 2.20. The highest BCUT2D eigenvalue weighted by atomic mass is 35.5. The first-order valence-corrected chi connectivity index (χ1v) is 8.58. The summed E-state index contributed by atoms with van der Waals surface area (Å²) >= 11 is 7.96. The zero-order chi connectivity index (χ0) is 14.7. The van der Waals surface area contributed by atoms with E-state index in [4.69, 9.17) is 17.3 Å². The Balaban J connectivity index is 1.85. The van der Waals surface area contributed by atoms with Gasteiger partial charge >= 0.3 is 0 Å². The quantitative estimate of drug-likeness (QED) is 0.876. The number of aryl methyl sites for hydroxylation is 1. The van der Waals surface area contributed by atoms with Crippen LogP contribution in [0, 0.1) is 0 Å². The first-order chi connectivity index (χ1) is 10.3. The number of nitrogens with two attached hydrogens (primary N) is 1. The summed E-state index contributed by atoms with van der Waals surface area (Å²) in [6.45, 7) is 1.53. The predicted octanol–water partition coefficient (Wildman–Crippen LogP) is 3.45. The fraction of sp³-hybridized carbons (Fsp3) is 0.467. The second kappa shape index (κ2) is 6.81. The van der Waals surface area contributed by atoms with Crippen LogP contribution in [-0.4, -0.2) is 21.3 Å². The number of thioether (sulfide) groups is 1. The van der Waals surface area contributed by atoms with Gasteiger partial charge in [0.2, 0.25) is 0 Å². The van der Waals surface area contributed by atoms with Gasteiger partial charge in [0, 0.05) is 24.5 Å². The summed E-state index contributed by atoms with van der Waals surface area (Å²) in [4.78, 5) is 0. The van der Waals surface area contributed by atoms with Crippen molar-refractivity contribution < 1.29 is 0 Å². The average Bonchev–Trinajstić information content (AvgIpc) is 2.72. The van der Waals surface area contributed by atoms with Crippen LogP contribution in [-0.2, 0) is 13.0 Å². The molecule has 2 aromatic rings. The number of rotatable bonds is 4. The van der Waals surface area contributed by atoms with Crippen LogP contribution in [0.1, 0.15) is 35.9 Å². The van der Waals surface area contributed by atoms with Crippen LogP contribution in [0.4, 0.5) is 0 Å². The molecule has 1 unspecified atom stereocenters. The number of hydrogen-bond donors (Lipinski definition) is 1. The molecule has 0 fully saturated rings. The highest BCUT2D eigenvalue weighted by Crippen LogP contribution is 2.37. The Kier molecular flexibility index (Phi) is 4.83. The minimum Gasteiger partial charge on any atom is -0.329 e. The molecule has 2 N–H and O–H groups in total. The van der Waals surface area contributed by atoms with Gasteiger partial charge in [-0.1, -0.05) is 48.0 Å². The molecule has 0 saturated heterocycles. The van der Waals surface area contributed by atoms with Gasteiger partial charge in [-0.15, -0.1) is 10.2 Å². The number of benzene rings is 1. The lowest BCUT2D eigenvalue weighted by Crippen LogP contribution is -2.11. The third kappa shape index (κ3) is 3.25. The monoisotopic (exact) mass is 322 g/mol. The highest BCUT2D eigenvalue weighted by molar-refractivity contribution is 7.99. The minimum atomic E-state index is 0.107. The number of nitrogens with zero attached hydrogens (tertiary/aromatic N) is 3. The third-order valence-electron chi connectivity index (χ3n) is 3.79. The van der Waals surface area contributed by atoms with Crippen LogP contribution in [0.5, 0.6) is 0 Å². The van der Waals surface area contributed by atoms with Crippen LogP contribution in [0.25, 0.3) is 0 Å². The minimum absolute atomic E-state index is 0.107. The van der Waals surface area contributed by atoms with Crippen LogP contribution in [0.2, 0.25) is 5.02 Å². The normalized spacial score (nSPS) is 16.3. The fourth-order valence-corrected chi connectivity index (χ4v) is 4.07. The van der Waals surface area contributed by atoms with Crippen molar-refractivity contribution in [3.63, 3.8) is 0 Å². The van der Waals surface area contributed by atoms with E-state index in [0.29, 0.717) is 6.54 Å². The number of halogens is 1. The maximum atomic E-state index is 6.30. The summed E-state index contributed by atoms with van der Waals surface area (Å²) in [6, 6.07) is 7.87. The van der Waals surface area contributed by atoms with Gasteiger partial charge in [-0.2, -0.15) is 0 Å². The summed E-state index contributed by atoms with van der Waals surface area (Å²) in [6.07, 6.45) is 4.68. The Morgan fingerprint density at radius 3 is 2.90 bits per heavy atom. The third-order valence-corrected chi connectivity index (χ3v) is 5.38. The van der Waals surface area contributed by atoms with Gasteiger partial charge in [0.15, 0.2) is 5.16 Å². The zero-order valence-electron chi connectivity index (χ0n) is 11.8. The van der Waals surface area contributed by atoms with Gasteiger partial charge < -0.3 is 10.3 Å². The van der Waals surface area contributed by atoms with Crippen LogP contribution < -0.4 is 5.73 Å². The summed E-state index contributed by atoms with van der Waals surface area (Å²) in [7, 11) is 0. The lowest BCUT2D eigenvalue weighted by Gasteiger charge is -2.16. The summed E-state index contributed by atoms with van der Waals surface area (Å²) in [5, 5.41) is 10.5. The van der Waals surface area contributed by atoms with Gasteiger partial charge in [-0.25, -0.2) is 0 Å². The van der Waals surface area contributed by atoms with E-state index < -0.39 is 0 Å². The lowest BCUT2D eigenvalue weighted by atomic mass is 10.1. The topological polar surface area (TPSA) is 56.7 Å². The van der Waals surface area contributed by atoms with E-state index in [1.807, 2.05) is 24.3 Å². The second-order valence-electron chi connectivity index (χ2n) is 5.22. The van der Waals surface area contributed by atoms with Crippen molar-refractivity contribution in [1.29, 1.82) is 0 Å². The Labute approximate surface area is 134 Å². The summed E-state index contributed by atoms with van der Waals surface area (Å²) in [5.41, 5.74) is 7.03. The Morgan fingerprint density at radius 1 is 1.24 bits per heavy atom. The van der Waals surface area contributed by atoms with Crippen LogP contribution in [0.3, 0.4) is 0 Å². The van der Waals surface area contributed by atoms with Crippen molar-refractivity contribution in [2.75, 3.05) is 6.54 Å². The van der Waals surface area contributed by atoms with Crippen molar-refractivity contribution in [2.24, 2.45) is 5.73 Å². The van der Waals surface area contributed by atoms with E-state index in [2.05, 4.69) is 14.8 Å². The first-order valence-electron chi connectivity index (χ1n) is 7.33. The fourth-order valence-electron chi connectivity index (χ4n) is 2.65. The molecule has 1 atom stereocenters. The van der Waals surface area contributed by atoms with Crippen molar-refractivity contribution in [3.8, 4) is 0 Å². The predicted molar refractivity (Wildman–Crippen MR) is 86.7 cm³/mol. The van der Waals surface area contributed by atoms with E-state index in [1.165, 1.54) is 19.3 Å². The standard InChI is InChI=1S/C15H19ClN4S/c16-12-7-4-3-6-11(12)13(10-17)21-15-19-18-14-8-2-1-5-9-20(14)15/h3-4,6-7,13H,1-2,5,8-10,17H2. The van der Waals surface area contributed by atoms with E-state index in [9.17, 15) is 0 Å². The smallest absolute Gasteiger partial charge is 0.191 e. The molecule has 21 heavy (non-hydrogen) atoms.